The van der Waals surface area contributed by atoms with Gasteiger partial charge >= 0.3 is 206 Å². The Balaban J connectivity index is 1.49. The van der Waals surface area contributed by atoms with Gasteiger partial charge in [-0.1, -0.05) is 0 Å². The number of rotatable bonds is 8. The molecule has 4 rings (SSSR count). The van der Waals surface area contributed by atoms with Crippen LogP contribution in [0.25, 0.3) is 11.2 Å². The van der Waals surface area contributed by atoms with Gasteiger partial charge in [-0.2, -0.15) is 0 Å². The fourth-order valence-electron chi connectivity index (χ4n) is 4.04. The first-order valence-electron chi connectivity index (χ1n) is 10.8. The number of hydrogen-bond acceptors (Lipinski definition) is 9. The van der Waals surface area contributed by atoms with E-state index < -0.39 is 24.5 Å². The van der Waals surface area contributed by atoms with Gasteiger partial charge in [0.15, 0.2) is 0 Å². The number of benzene rings is 1. The zero-order chi connectivity index (χ0) is 24.4. The van der Waals surface area contributed by atoms with Crippen LogP contribution < -0.4 is 15.0 Å². The molecule has 11 nitrogen and oxygen atoms in total. The van der Waals surface area contributed by atoms with Crippen molar-refractivity contribution < 1.29 is 24.5 Å². The molecule has 6 unspecified atom stereocenters. The minimum absolute atomic E-state index is 0.213. The Bertz CT molecular complexity index is 1140. The van der Waals surface area contributed by atoms with E-state index in [1.807, 2.05) is 43.3 Å². The molecule has 0 radical (unpaired) electrons. The molecule has 0 spiro atoms. The molecule has 3 N–H and O–H groups in total. The van der Waals surface area contributed by atoms with E-state index >= 15 is 0 Å². The molecular formula is C22H29AsN6O5. The summed E-state index contributed by atoms with van der Waals surface area (Å²) in [5, 5.41) is 23.8. The van der Waals surface area contributed by atoms with Crippen LogP contribution in [0.15, 0.2) is 36.9 Å². The summed E-state index contributed by atoms with van der Waals surface area (Å²) in [6, 6.07) is 6.77. The van der Waals surface area contributed by atoms with E-state index in [1.54, 1.807) is 11.7 Å². The van der Waals surface area contributed by atoms with Crippen molar-refractivity contribution in [3.05, 3.63) is 42.5 Å². The van der Waals surface area contributed by atoms with Gasteiger partial charge in [-0.25, -0.2) is 0 Å². The number of aromatic nitrogens is 4. The fraction of sp³-hybridized carbons (Fsp3) is 0.455. The van der Waals surface area contributed by atoms with Crippen molar-refractivity contribution in [2.24, 2.45) is 0 Å². The van der Waals surface area contributed by atoms with Crippen LogP contribution in [0.3, 0.4) is 0 Å². The molecule has 1 saturated heterocycles. The SMILES string of the molecule is COc1ccc(CC([AsH2])C(=O)NC2C(CO)OC(n3cnc4c(N(C)C)ncnc43)C2O)cc1. The molecule has 1 aliphatic heterocycles. The van der Waals surface area contributed by atoms with E-state index in [2.05, 4.69) is 20.3 Å². The maximum atomic E-state index is 12.9. The number of imidazole rings is 1. The Morgan fingerprint density at radius 3 is 2.68 bits per heavy atom. The van der Waals surface area contributed by atoms with Crippen LogP contribution in [0.1, 0.15) is 11.8 Å². The van der Waals surface area contributed by atoms with Crippen LogP contribution >= 0.6 is 0 Å². The van der Waals surface area contributed by atoms with E-state index in [1.165, 1.54) is 29.5 Å². The number of aliphatic hydroxyl groups excluding tert-OH is 2. The predicted octanol–water partition coefficient (Wildman–Crippen LogP) is -0.699. The van der Waals surface area contributed by atoms with Crippen LogP contribution in [-0.2, 0) is 16.0 Å². The molecule has 6 atom stereocenters. The standard InChI is InChI=1S/C22H29AsN6O5/c1-28(2)19-17-20(25-10-24-19)29(11-26-17)22-18(31)16(15(9-30)34-22)27-21(32)14(23)8-12-4-6-13(33-3)7-5-12/h4-7,10-11,14-16,18,22,30-31H,8-9,23H2,1-3H3,(H,27,32). The van der Waals surface area contributed by atoms with Crippen molar-refractivity contribution in [3.63, 3.8) is 0 Å². The Kier molecular flexibility index (Phi) is 7.37. The van der Waals surface area contributed by atoms with Crippen LogP contribution in [0, 0.1) is 0 Å². The van der Waals surface area contributed by atoms with Gasteiger partial charge in [0.2, 0.25) is 0 Å². The Morgan fingerprint density at radius 1 is 1.29 bits per heavy atom. The Hall–Kier alpha value is -2.72. The van der Waals surface area contributed by atoms with Gasteiger partial charge in [-0.3, -0.25) is 0 Å². The molecule has 182 valence electrons. The van der Waals surface area contributed by atoms with Gasteiger partial charge in [0.05, 0.1) is 0 Å². The van der Waals surface area contributed by atoms with Crippen LogP contribution in [0.4, 0.5) is 5.82 Å². The number of methoxy groups -OCH3 is 1. The van der Waals surface area contributed by atoms with Crippen molar-refractivity contribution in [2.75, 3.05) is 32.7 Å². The molecule has 0 bridgehead atoms. The van der Waals surface area contributed by atoms with E-state index in [-0.39, 0.29) is 17.2 Å². The third-order valence-corrected chi connectivity index (χ3v) is 6.98. The van der Waals surface area contributed by atoms with Crippen molar-refractivity contribution in [1.29, 1.82) is 0 Å². The van der Waals surface area contributed by atoms with Crippen molar-refractivity contribution in [1.82, 2.24) is 24.8 Å². The van der Waals surface area contributed by atoms with Gasteiger partial charge in [0, 0.05) is 0 Å². The van der Waals surface area contributed by atoms with Crippen LogP contribution in [-0.4, -0.2) is 98.6 Å². The summed E-state index contributed by atoms with van der Waals surface area (Å²) in [5.74, 6) is 1.18. The molecule has 2 aromatic heterocycles. The maximum absolute atomic E-state index is 12.9. The first-order valence-corrected chi connectivity index (χ1v) is 12.2. The van der Waals surface area contributed by atoms with Gasteiger partial charge in [-0.15, -0.1) is 0 Å². The number of aliphatic hydroxyl groups is 2. The number of nitrogens with one attached hydrogen (secondary N) is 1. The second-order valence-corrected chi connectivity index (χ2v) is 10.0. The number of anilines is 1. The zero-order valence-corrected chi connectivity index (χ0v) is 21.6. The molecular weight excluding hydrogens is 503 g/mol. The number of nitrogens with zero attached hydrogens (tertiary/aromatic N) is 5. The van der Waals surface area contributed by atoms with Gasteiger partial charge in [-0.05, 0) is 0 Å². The number of fused-ring (bicyclic) bond motifs is 1. The topological polar surface area (TPSA) is 135 Å². The number of carbonyl (C=O) groups is 1. The van der Waals surface area contributed by atoms with E-state index in [4.69, 9.17) is 9.47 Å². The monoisotopic (exact) mass is 532 g/mol. The first kappa shape index (κ1) is 24.4. The average Bonchev–Trinajstić information content (AvgIpc) is 3.40. The third-order valence-electron chi connectivity index (χ3n) is 5.85. The molecule has 1 aliphatic rings. The molecule has 3 aromatic rings. The van der Waals surface area contributed by atoms with Gasteiger partial charge in [0.1, 0.15) is 0 Å². The van der Waals surface area contributed by atoms with Crippen molar-refractivity contribution in [3.8, 4) is 5.75 Å². The molecule has 12 heteroatoms. The van der Waals surface area contributed by atoms with E-state index in [9.17, 15) is 15.0 Å². The summed E-state index contributed by atoms with van der Waals surface area (Å²) in [5.41, 5.74) is 2.06. The summed E-state index contributed by atoms with van der Waals surface area (Å²) < 4.78 is 12.4. The second kappa shape index (κ2) is 10.3. The van der Waals surface area contributed by atoms with Gasteiger partial charge in [0.25, 0.3) is 0 Å². The normalized spacial score (nSPS) is 23.1. The summed E-state index contributed by atoms with van der Waals surface area (Å²) in [6.45, 7) is -0.360. The van der Waals surface area contributed by atoms with E-state index in [0.717, 1.165) is 11.3 Å². The quantitative estimate of drug-likeness (QED) is 0.322. The third kappa shape index (κ3) is 4.74. The summed E-state index contributed by atoms with van der Waals surface area (Å²) in [7, 11) is 5.31. The average molecular weight is 532 g/mol. The number of amides is 1. The summed E-state index contributed by atoms with van der Waals surface area (Å²) in [6.07, 6.45) is 0.717. The molecule has 3 heterocycles. The second-order valence-electron chi connectivity index (χ2n) is 8.35. The first-order chi connectivity index (χ1) is 16.3. The van der Waals surface area contributed by atoms with Crippen molar-refractivity contribution in [2.45, 2.75) is 35.6 Å². The number of carbonyl (C=O) groups excluding carboxylic acids is 1. The van der Waals surface area contributed by atoms with E-state index in [0.29, 0.717) is 23.4 Å². The van der Waals surface area contributed by atoms with Crippen LogP contribution in [0.2, 0.25) is 4.71 Å². The number of ether oxygens (including phenoxy) is 2. The Morgan fingerprint density at radius 2 is 2.03 bits per heavy atom. The molecule has 1 fully saturated rings. The fourth-order valence-corrected chi connectivity index (χ4v) is 4.81. The zero-order valence-electron chi connectivity index (χ0n) is 19.2. The molecule has 0 saturated carbocycles. The van der Waals surface area contributed by atoms with Gasteiger partial charge < -0.3 is 0 Å². The summed E-state index contributed by atoms with van der Waals surface area (Å²) >= 11 is 1.28. The Labute approximate surface area is 205 Å². The molecule has 1 aromatic carbocycles. The summed E-state index contributed by atoms with van der Waals surface area (Å²) in [4.78, 5) is 27.7. The number of hydrogen-bond donors (Lipinski definition) is 3. The predicted molar refractivity (Wildman–Crippen MR) is 128 cm³/mol. The molecule has 1 amide bonds. The molecule has 0 aliphatic carbocycles. The minimum atomic E-state index is -1.11. The molecule has 34 heavy (non-hydrogen) atoms. The van der Waals surface area contributed by atoms with Crippen LogP contribution in [0.5, 0.6) is 5.75 Å². The van der Waals surface area contributed by atoms with Crippen molar-refractivity contribution >= 4 is 39.7 Å².